The quantitative estimate of drug-likeness (QED) is 0.717. The molecule has 1 aromatic rings. The summed E-state index contributed by atoms with van der Waals surface area (Å²) in [6.07, 6.45) is 5.61. The van der Waals surface area contributed by atoms with Gasteiger partial charge in [0.1, 0.15) is 0 Å². The fourth-order valence-corrected chi connectivity index (χ4v) is 4.07. The lowest BCUT2D eigenvalue weighted by atomic mass is 9.88. The normalized spacial score (nSPS) is 29.4. The second-order valence-electron chi connectivity index (χ2n) is 4.71. The highest BCUT2D eigenvalue weighted by molar-refractivity contribution is 8.15. The fourth-order valence-electron chi connectivity index (χ4n) is 2.66. The lowest BCUT2D eigenvalue weighted by molar-refractivity contribution is 0.377. The van der Waals surface area contributed by atoms with Crippen LogP contribution in [0.2, 0.25) is 0 Å². The van der Waals surface area contributed by atoms with Gasteiger partial charge in [0.15, 0.2) is 0 Å². The summed E-state index contributed by atoms with van der Waals surface area (Å²) in [5.41, 5.74) is 1.30. The van der Waals surface area contributed by atoms with Crippen molar-refractivity contribution in [2.45, 2.75) is 30.9 Å². The molecule has 0 radical (unpaired) electrons. The Morgan fingerprint density at radius 1 is 1.06 bits per heavy atom. The van der Waals surface area contributed by atoms with Crippen molar-refractivity contribution in [2.24, 2.45) is 10.9 Å². The van der Waals surface area contributed by atoms with Gasteiger partial charge < -0.3 is 0 Å². The van der Waals surface area contributed by atoms with E-state index in [-0.39, 0.29) is 0 Å². The highest BCUT2D eigenvalue weighted by Crippen LogP contribution is 2.38. The number of hydrogen-bond donors (Lipinski definition) is 0. The van der Waals surface area contributed by atoms with Crippen LogP contribution in [0.5, 0.6) is 0 Å². The minimum atomic E-state index is 0.835. The minimum absolute atomic E-state index is 0.835. The van der Waals surface area contributed by atoms with E-state index in [1.165, 1.54) is 36.3 Å². The van der Waals surface area contributed by atoms with Gasteiger partial charge in [-0.2, -0.15) is 0 Å². The standard InChI is InChI=1S/C14H17NS/c1-2-6-11(7-3-1)14-15-10-12-8-4-5-9-13(12)16-14/h1-3,6-7,12-13H,4-5,8-10H2/t12-,13+/m0/s1. The third-order valence-corrected chi connectivity index (χ3v) is 5.10. The summed E-state index contributed by atoms with van der Waals surface area (Å²) in [7, 11) is 0. The Labute approximate surface area is 101 Å². The van der Waals surface area contributed by atoms with Crippen molar-refractivity contribution in [3.8, 4) is 0 Å². The monoisotopic (exact) mass is 231 g/mol. The van der Waals surface area contributed by atoms with Gasteiger partial charge >= 0.3 is 0 Å². The largest absolute Gasteiger partial charge is 0.277 e. The first-order chi connectivity index (χ1) is 7.93. The lowest BCUT2D eigenvalue weighted by Gasteiger charge is -2.33. The Hall–Kier alpha value is -0.760. The zero-order chi connectivity index (χ0) is 10.8. The summed E-state index contributed by atoms with van der Waals surface area (Å²) in [5, 5.41) is 2.10. The molecule has 0 saturated heterocycles. The number of thioether (sulfide) groups is 1. The molecule has 1 saturated carbocycles. The van der Waals surface area contributed by atoms with Crippen LogP contribution >= 0.6 is 11.8 Å². The maximum atomic E-state index is 4.76. The van der Waals surface area contributed by atoms with Gasteiger partial charge in [0.05, 0.1) is 5.04 Å². The van der Waals surface area contributed by atoms with E-state index in [1.807, 2.05) is 11.8 Å². The van der Waals surface area contributed by atoms with E-state index >= 15 is 0 Å². The van der Waals surface area contributed by atoms with Gasteiger partial charge in [-0.05, 0) is 18.8 Å². The topological polar surface area (TPSA) is 12.4 Å². The first-order valence-electron chi connectivity index (χ1n) is 6.20. The third kappa shape index (κ3) is 2.03. The molecule has 2 heteroatoms. The molecule has 1 fully saturated rings. The van der Waals surface area contributed by atoms with Crippen LogP contribution in [0.3, 0.4) is 0 Å². The fraction of sp³-hybridized carbons (Fsp3) is 0.500. The molecule has 2 atom stereocenters. The molecule has 1 aliphatic carbocycles. The second-order valence-corrected chi connectivity index (χ2v) is 5.94. The summed E-state index contributed by atoms with van der Waals surface area (Å²) >= 11 is 2.02. The summed E-state index contributed by atoms with van der Waals surface area (Å²) in [4.78, 5) is 4.76. The Morgan fingerprint density at radius 2 is 1.88 bits per heavy atom. The van der Waals surface area contributed by atoms with Gasteiger partial charge in [0.2, 0.25) is 0 Å². The van der Waals surface area contributed by atoms with Crippen LogP contribution in [0, 0.1) is 5.92 Å². The molecule has 3 rings (SSSR count). The molecule has 2 aliphatic rings. The van der Waals surface area contributed by atoms with Gasteiger partial charge in [-0.1, -0.05) is 43.2 Å². The van der Waals surface area contributed by atoms with Crippen LogP contribution in [-0.2, 0) is 0 Å². The van der Waals surface area contributed by atoms with Crippen molar-refractivity contribution in [2.75, 3.05) is 6.54 Å². The van der Waals surface area contributed by atoms with Gasteiger partial charge in [0, 0.05) is 17.4 Å². The molecular weight excluding hydrogens is 214 g/mol. The predicted octanol–water partition coefficient (Wildman–Crippen LogP) is 3.74. The summed E-state index contributed by atoms with van der Waals surface area (Å²) in [6, 6.07) is 10.6. The maximum Gasteiger partial charge on any atom is 0.0979 e. The third-order valence-electron chi connectivity index (χ3n) is 3.59. The molecule has 0 aromatic heterocycles. The summed E-state index contributed by atoms with van der Waals surface area (Å²) in [5.74, 6) is 0.853. The van der Waals surface area contributed by atoms with E-state index in [1.54, 1.807) is 0 Å². The van der Waals surface area contributed by atoms with E-state index in [0.29, 0.717) is 0 Å². The van der Waals surface area contributed by atoms with Crippen LogP contribution in [0.4, 0.5) is 0 Å². The Morgan fingerprint density at radius 3 is 2.75 bits per heavy atom. The zero-order valence-corrected chi connectivity index (χ0v) is 10.2. The SMILES string of the molecule is c1ccc(C2=NC[C@@H]3CCCC[C@H]3S2)cc1. The molecule has 84 valence electrons. The van der Waals surface area contributed by atoms with E-state index in [0.717, 1.165) is 17.7 Å². The first kappa shape index (κ1) is 10.4. The molecule has 1 heterocycles. The van der Waals surface area contributed by atoms with Crippen molar-refractivity contribution in [3.63, 3.8) is 0 Å². The molecule has 1 nitrogen and oxygen atoms in total. The van der Waals surface area contributed by atoms with Crippen LogP contribution in [0.15, 0.2) is 35.3 Å². The van der Waals surface area contributed by atoms with Gasteiger partial charge in [-0.25, -0.2) is 0 Å². The van der Waals surface area contributed by atoms with Crippen LogP contribution in [-0.4, -0.2) is 16.8 Å². The van der Waals surface area contributed by atoms with E-state index in [9.17, 15) is 0 Å². The van der Waals surface area contributed by atoms with E-state index < -0.39 is 0 Å². The van der Waals surface area contributed by atoms with E-state index in [2.05, 4.69) is 30.3 Å². The Kier molecular flexibility index (Phi) is 3.00. The number of fused-ring (bicyclic) bond motifs is 1. The Balaban J connectivity index is 1.81. The van der Waals surface area contributed by atoms with Crippen LogP contribution in [0.25, 0.3) is 0 Å². The molecule has 0 amide bonds. The van der Waals surface area contributed by atoms with Crippen molar-refractivity contribution in [3.05, 3.63) is 35.9 Å². The summed E-state index contributed by atoms with van der Waals surface area (Å²) in [6.45, 7) is 1.06. The molecule has 0 spiro atoms. The Bertz CT molecular complexity index is 385. The average molecular weight is 231 g/mol. The van der Waals surface area contributed by atoms with Crippen LogP contribution < -0.4 is 0 Å². The second kappa shape index (κ2) is 4.62. The van der Waals surface area contributed by atoms with Crippen molar-refractivity contribution in [1.29, 1.82) is 0 Å². The average Bonchev–Trinajstić information content (AvgIpc) is 2.39. The molecule has 1 aromatic carbocycles. The number of rotatable bonds is 1. The van der Waals surface area contributed by atoms with Crippen LogP contribution in [0.1, 0.15) is 31.2 Å². The number of nitrogens with zero attached hydrogens (tertiary/aromatic N) is 1. The highest BCUT2D eigenvalue weighted by Gasteiger charge is 2.30. The molecule has 16 heavy (non-hydrogen) atoms. The molecule has 0 bridgehead atoms. The summed E-state index contributed by atoms with van der Waals surface area (Å²) < 4.78 is 0. The molecule has 0 unspecified atom stereocenters. The zero-order valence-electron chi connectivity index (χ0n) is 9.43. The van der Waals surface area contributed by atoms with Crippen molar-refractivity contribution in [1.82, 2.24) is 0 Å². The highest BCUT2D eigenvalue weighted by atomic mass is 32.2. The molecule has 1 aliphatic heterocycles. The smallest absolute Gasteiger partial charge is 0.0979 e. The number of aliphatic imine (C=N–C) groups is 1. The first-order valence-corrected chi connectivity index (χ1v) is 7.08. The van der Waals surface area contributed by atoms with E-state index in [4.69, 9.17) is 4.99 Å². The van der Waals surface area contributed by atoms with Gasteiger partial charge in [-0.3, -0.25) is 4.99 Å². The molecular formula is C14H17NS. The van der Waals surface area contributed by atoms with Crippen molar-refractivity contribution >= 4 is 16.8 Å². The molecule has 0 N–H and O–H groups in total. The predicted molar refractivity (Wildman–Crippen MR) is 71.2 cm³/mol. The van der Waals surface area contributed by atoms with Crippen molar-refractivity contribution < 1.29 is 0 Å². The number of hydrogen-bond acceptors (Lipinski definition) is 2. The maximum absolute atomic E-state index is 4.76. The van der Waals surface area contributed by atoms with Gasteiger partial charge in [0.25, 0.3) is 0 Å². The minimum Gasteiger partial charge on any atom is -0.277 e. The van der Waals surface area contributed by atoms with Gasteiger partial charge in [-0.15, -0.1) is 11.8 Å². The lowest BCUT2D eigenvalue weighted by Crippen LogP contribution is -2.29. The number of benzene rings is 1.